The van der Waals surface area contributed by atoms with Gasteiger partial charge in [-0.2, -0.15) is 4.89 Å². The Morgan fingerprint density at radius 1 is 1.13 bits per heavy atom. The highest BCUT2D eigenvalue weighted by atomic mass is 17.2. The van der Waals surface area contributed by atoms with E-state index in [1.807, 2.05) is 0 Å². The fraction of sp³-hybridized carbons (Fsp3) is 0.455. The first kappa shape index (κ1) is 11.8. The molecule has 0 heterocycles. The molecule has 4 heteroatoms. The second-order valence-electron chi connectivity index (χ2n) is 4.41. The molecular formula is C11H18NO3+. The van der Waals surface area contributed by atoms with E-state index in [0.29, 0.717) is 12.4 Å². The van der Waals surface area contributed by atoms with Gasteiger partial charge in [0, 0.05) is 0 Å². The van der Waals surface area contributed by atoms with Crippen LogP contribution in [-0.2, 0) is 4.89 Å². The fourth-order valence-corrected chi connectivity index (χ4v) is 0.923. The van der Waals surface area contributed by atoms with Crippen molar-refractivity contribution < 1.29 is 19.4 Å². The van der Waals surface area contributed by atoms with Crippen molar-refractivity contribution in [2.45, 2.75) is 0 Å². The maximum Gasteiger partial charge on any atom is 0.165 e. The molecular weight excluding hydrogens is 194 g/mol. The number of hydrogen-bond donors (Lipinski definition) is 1. The van der Waals surface area contributed by atoms with Crippen LogP contribution in [0.5, 0.6) is 11.5 Å². The van der Waals surface area contributed by atoms with Crippen molar-refractivity contribution in [3.05, 3.63) is 24.3 Å². The second kappa shape index (κ2) is 5.00. The molecule has 0 aromatic heterocycles. The number of aromatic hydroxyl groups is 1. The van der Waals surface area contributed by atoms with Gasteiger partial charge in [-0.15, -0.1) is 0 Å². The second-order valence-corrected chi connectivity index (χ2v) is 4.41. The Hall–Kier alpha value is -1.26. The first-order chi connectivity index (χ1) is 6.97. The molecule has 1 aromatic rings. The average molecular weight is 212 g/mol. The number of benzene rings is 1. The maximum atomic E-state index is 9.04. The van der Waals surface area contributed by atoms with Gasteiger partial charge in [-0.1, -0.05) is 0 Å². The number of nitrogens with zero attached hydrogens (tertiary/aromatic N) is 1. The Kier molecular flexibility index (Phi) is 3.94. The Labute approximate surface area is 90.2 Å². The third-order valence-corrected chi connectivity index (χ3v) is 1.84. The predicted molar refractivity (Wildman–Crippen MR) is 57.6 cm³/mol. The van der Waals surface area contributed by atoms with Crippen molar-refractivity contribution in [3.63, 3.8) is 0 Å². The zero-order valence-electron chi connectivity index (χ0n) is 9.43. The Balaban J connectivity index is 2.23. The summed E-state index contributed by atoms with van der Waals surface area (Å²) < 4.78 is 0.832. The molecule has 0 spiro atoms. The normalized spacial score (nSPS) is 11.4. The Morgan fingerprint density at radius 2 is 1.73 bits per heavy atom. The van der Waals surface area contributed by atoms with Crippen LogP contribution >= 0.6 is 0 Å². The molecule has 0 atom stereocenters. The molecule has 0 radical (unpaired) electrons. The van der Waals surface area contributed by atoms with Crippen LogP contribution in [-0.4, -0.2) is 43.9 Å². The summed E-state index contributed by atoms with van der Waals surface area (Å²) in [6, 6.07) is 6.42. The van der Waals surface area contributed by atoms with Crippen LogP contribution in [0.1, 0.15) is 0 Å². The zero-order chi connectivity index (χ0) is 11.3. The highest BCUT2D eigenvalue weighted by Crippen LogP contribution is 2.15. The standard InChI is InChI=1S/C11H17NO3/c1-12(2,3)8-9-14-15-11-6-4-10(13)5-7-11/h4-7H,8-9H2,1-3H3/p+1. The summed E-state index contributed by atoms with van der Waals surface area (Å²) in [7, 11) is 6.26. The lowest BCUT2D eigenvalue weighted by atomic mass is 10.3. The van der Waals surface area contributed by atoms with Gasteiger partial charge in [-0.25, -0.2) is 0 Å². The minimum absolute atomic E-state index is 0.216. The van der Waals surface area contributed by atoms with Gasteiger partial charge in [-0.3, -0.25) is 0 Å². The number of rotatable bonds is 5. The molecule has 15 heavy (non-hydrogen) atoms. The molecule has 4 nitrogen and oxygen atoms in total. The molecule has 0 fully saturated rings. The number of likely N-dealkylation sites (N-methyl/N-ethyl adjacent to an activating group) is 1. The number of phenolic OH excluding ortho intramolecular Hbond substituents is 1. The first-order valence-corrected chi connectivity index (χ1v) is 4.86. The lowest BCUT2D eigenvalue weighted by molar-refractivity contribution is -0.871. The summed E-state index contributed by atoms with van der Waals surface area (Å²) in [6.07, 6.45) is 0. The molecule has 0 bridgehead atoms. The molecule has 0 aliphatic rings. The summed E-state index contributed by atoms with van der Waals surface area (Å²) in [5.41, 5.74) is 0. The van der Waals surface area contributed by atoms with Crippen molar-refractivity contribution in [2.24, 2.45) is 0 Å². The summed E-state index contributed by atoms with van der Waals surface area (Å²) >= 11 is 0. The van der Waals surface area contributed by atoms with E-state index in [0.717, 1.165) is 11.0 Å². The lowest BCUT2D eigenvalue weighted by Crippen LogP contribution is -2.37. The molecule has 1 rings (SSSR count). The van der Waals surface area contributed by atoms with Crippen LogP contribution < -0.4 is 4.89 Å². The topological polar surface area (TPSA) is 38.7 Å². The van der Waals surface area contributed by atoms with Gasteiger partial charge in [0.1, 0.15) is 18.9 Å². The Morgan fingerprint density at radius 3 is 2.27 bits per heavy atom. The van der Waals surface area contributed by atoms with E-state index >= 15 is 0 Å². The Bertz CT molecular complexity index is 290. The third-order valence-electron chi connectivity index (χ3n) is 1.84. The van der Waals surface area contributed by atoms with Crippen LogP contribution in [0.15, 0.2) is 24.3 Å². The molecule has 0 saturated carbocycles. The summed E-state index contributed by atoms with van der Waals surface area (Å²) in [5.74, 6) is 0.808. The van der Waals surface area contributed by atoms with Gasteiger partial charge in [0.2, 0.25) is 0 Å². The van der Waals surface area contributed by atoms with E-state index in [1.54, 1.807) is 24.3 Å². The highest BCUT2D eigenvalue weighted by Gasteiger charge is 2.06. The molecule has 0 aliphatic carbocycles. The van der Waals surface area contributed by atoms with Gasteiger partial charge in [0.15, 0.2) is 5.75 Å². The number of quaternary nitrogens is 1. The van der Waals surface area contributed by atoms with Crippen molar-refractivity contribution >= 4 is 0 Å². The average Bonchev–Trinajstić information content (AvgIpc) is 2.14. The van der Waals surface area contributed by atoms with Crippen molar-refractivity contribution in [3.8, 4) is 11.5 Å². The first-order valence-electron chi connectivity index (χ1n) is 4.86. The summed E-state index contributed by atoms with van der Waals surface area (Å²) in [4.78, 5) is 10.1. The van der Waals surface area contributed by atoms with Crippen molar-refractivity contribution in [1.82, 2.24) is 0 Å². The van der Waals surface area contributed by atoms with E-state index in [9.17, 15) is 0 Å². The van der Waals surface area contributed by atoms with Crippen LogP contribution in [0.25, 0.3) is 0 Å². The lowest BCUT2D eigenvalue weighted by Gasteiger charge is -2.22. The van der Waals surface area contributed by atoms with Gasteiger partial charge in [0.05, 0.1) is 21.1 Å². The van der Waals surface area contributed by atoms with E-state index in [-0.39, 0.29) is 5.75 Å². The molecule has 1 aromatic carbocycles. The van der Waals surface area contributed by atoms with Gasteiger partial charge >= 0.3 is 0 Å². The van der Waals surface area contributed by atoms with Crippen LogP contribution in [0.3, 0.4) is 0 Å². The van der Waals surface area contributed by atoms with Gasteiger partial charge < -0.3 is 14.5 Å². The predicted octanol–water partition coefficient (Wildman–Crippen LogP) is 1.41. The van der Waals surface area contributed by atoms with E-state index in [4.69, 9.17) is 14.9 Å². The van der Waals surface area contributed by atoms with E-state index in [2.05, 4.69) is 21.1 Å². The third kappa shape index (κ3) is 5.24. The molecule has 84 valence electrons. The molecule has 0 aliphatic heterocycles. The summed E-state index contributed by atoms with van der Waals surface area (Å²) in [5, 5.41) is 9.04. The molecule has 0 unspecified atom stereocenters. The molecule has 1 N–H and O–H groups in total. The van der Waals surface area contributed by atoms with Crippen LogP contribution in [0, 0.1) is 0 Å². The van der Waals surface area contributed by atoms with E-state index in [1.165, 1.54) is 0 Å². The number of hydrogen-bond acceptors (Lipinski definition) is 3. The van der Waals surface area contributed by atoms with Gasteiger partial charge in [0.25, 0.3) is 0 Å². The zero-order valence-corrected chi connectivity index (χ0v) is 9.43. The van der Waals surface area contributed by atoms with Crippen LogP contribution in [0.4, 0.5) is 0 Å². The summed E-state index contributed by atoms with van der Waals surface area (Å²) in [6.45, 7) is 1.41. The highest BCUT2D eigenvalue weighted by molar-refractivity contribution is 5.29. The van der Waals surface area contributed by atoms with Gasteiger partial charge in [-0.05, 0) is 24.3 Å². The monoisotopic (exact) mass is 212 g/mol. The van der Waals surface area contributed by atoms with Crippen molar-refractivity contribution in [1.29, 1.82) is 0 Å². The largest absolute Gasteiger partial charge is 0.508 e. The molecule has 0 amide bonds. The van der Waals surface area contributed by atoms with Crippen LogP contribution in [0.2, 0.25) is 0 Å². The quantitative estimate of drug-likeness (QED) is 0.347. The minimum atomic E-state index is 0.216. The fourth-order valence-electron chi connectivity index (χ4n) is 0.923. The number of phenols is 1. The van der Waals surface area contributed by atoms with Crippen molar-refractivity contribution in [2.75, 3.05) is 34.3 Å². The molecule has 0 saturated heterocycles. The minimum Gasteiger partial charge on any atom is -0.508 e. The van der Waals surface area contributed by atoms with E-state index < -0.39 is 0 Å². The SMILES string of the molecule is C[N+](C)(C)CCOOc1ccc(O)cc1. The smallest absolute Gasteiger partial charge is 0.165 e. The maximum absolute atomic E-state index is 9.04.